The zero-order valence-electron chi connectivity index (χ0n) is 26.0. The molecule has 35 heavy (non-hydrogen) atoms. The van der Waals surface area contributed by atoms with Crippen LogP contribution in [-0.4, -0.2) is 0 Å². The maximum absolute atomic E-state index is 2.58. The van der Waals surface area contributed by atoms with E-state index in [2.05, 4.69) is 134 Å². The maximum Gasteiger partial charge on any atom is -0.0126 e. The summed E-state index contributed by atoms with van der Waals surface area (Å²) < 4.78 is 0. The molecule has 2 aromatic rings. The third-order valence-corrected chi connectivity index (χ3v) is 7.25. The van der Waals surface area contributed by atoms with Gasteiger partial charge in [-0.2, -0.15) is 0 Å². The average molecular weight is 477 g/mol. The Bertz CT molecular complexity index is 962. The molecule has 0 N–H and O–H groups in total. The lowest BCUT2D eigenvalue weighted by Crippen LogP contribution is -2.31. The molecule has 0 amide bonds. The number of hydrogen-bond acceptors (Lipinski definition) is 0. The molecule has 0 saturated carbocycles. The second-order valence-electron chi connectivity index (χ2n) is 16.0. The molecule has 0 radical (unpaired) electrons. The Hall–Kier alpha value is -1.56. The summed E-state index contributed by atoms with van der Waals surface area (Å²) in [7, 11) is 0. The highest BCUT2D eigenvalue weighted by Crippen LogP contribution is 2.46. The predicted octanol–water partition coefficient (Wildman–Crippen LogP) is 10.3. The molecule has 2 rings (SSSR count). The Kier molecular flexibility index (Phi) is 8.24. The predicted molar refractivity (Wildman–Crippen MR) is 158 cm³/mol. The second-order valence-corrected chi connectivity index (χ2v) is 16.0. The summed E-state index contributed by atoms with van der Waals surface area (Å²) in [6, 6.07) is 11.7. The van der Waals surface area contributed by atoms with Gasteiger partial charge >= 0.3 is 0 Å². The van der Waals surface area contributed by atoms with Gasteiger partial charge in [0.2, 0.25) is 0 Å². The van der Waals surface area contributed by atoms with Gasteiger partial charge in [0.1, 0.15) is 0 Å². The average Bonchev–Trinajstić information content (AvgIpc) is 2.63. The van der Waals surface area contributed by atoms with Crippen molar-refractivity contribution in [2.45, 2.75) is 150 Å². The summed E-state index contributed by atoms with van der Waals surface area (Å²) in [6.07, 6.45) is 3.44. The molecular weight excluding hydrogens is 420 g/mol. The molecule has 0 unspecified atom stereocenters. The van der Waals surface area contributed by atoms with Crippen LogP contribution >= 0.6 is 0 Å². The number of rotatable bonds is 4. The van der Waals surface area contributed by atoms with E-state index in [0.717, 1.165) is 12.8 Å². The van der Waals surface area contributed by atoms with Crippen molar-refractivity contribution in [1.29, 1.82) is 0 Å². The molecule has 0 fully saturated rings. The summed E-state index contributed by atoms with van der Waals surface area (Å²) in [5.74, 6) is 0. The first-order valence-electron chi connectivity index (χ1n) is 13.9. The van der Waals surface area contributed by atoms with Crippen LogP contribution in [0.2, 0.25) is 0 Å². The van der Waals surface area contributed by atoms with Crippen LogP contribution in [-0.2, 0) is 39.9 Å². The van der Waals surface area contributed by atoms with Gasteiger partial charge in [0.25, 0.3) is 0 Å². The molecule has 0 bridgehead atoms. The van der Waals surface area contributed by atoms with Crippen LogP contribution in [0.4, 0.5) is 0 Å². The van der Waals surface area contributed by atoms with E-state index in [-0.39, 0.29) is 27.1 Å². The molecule has 0 spiro atoms. The fourth-order valence-corrected chi connectivity index (χ4v) is 5.81. The third-order valence-electron chi connectivity index (χ3n) is 7.25. The van der Waals surface area contributed by atoms with Gasteiger partial charge in [-0.1, -0.05) is 134 Å². The lowest BCUT2D eigenvalue weighted by molar-refractivity contribution is 0.490. The first-order chi connectivity index (χ1) is 15.6. The van der Waals surface area contributed by atoms with Crippen molar-refractivity contribution < 1.29 is 0 Å². The van der Waals surface area contributed by atoms with Crippen LogP contribution in [0.15, 0.2) is 30.3 Å². The fourth-order valence-electron chi connectivity index (χ4n) is 5.81. The van der Waals surface area contributed by atoms with Crippen LogP contribution in [0.3, 0.4) is 0 Å². The topological polar surface area (TPSA) is 0 Å². The summed E-state index contributed by atoms with van der Waals surface area (Å²) >= 11 is 0. The molecule has 0 aliphatic rings. The SMILES string of the molecule is CC(C)(C)c1ccccc1CCCc1c(C(C)(C)C)c(C(C)(C)C)cc(C(C)(C)C)c1C(C)(C)C. The number of hydrogen-bond donors (Lipinski definition) is 0. The van der Waals surface area contributed by atoms with E-state index in [9.17, 15) is 0 Å². The Balaban J connectivity index is 2.78. The monoisotopic (exact) mass is 476 g/mol. The van der Waals surface area contributed by atoms with Crippen molar-refractivity contribution in [3.63, 3.8) is 0 Å². The summed E-state index contributed by atoms with van der Waals surface area (Å²) in [5.41, 5.74) is 11.4. The van der Waals surface area contributed by atoms with E-state index in [0.29, 0.717) is 0 Å². The maximum atomic E-state index is 2.58. The van der Waals surface area contributed by atoms with Gasteiger partial charge in [-0.25, -0.2) is 0 Å². The summed E-state index contributed by atoms with van der Waals surface area (Å²) in [6.45, 7) is 35.9. The molecule has 0 aromatic heterocycles. The van der Waals surface area contributed by atoms with Crippen molar-refractivity contribution in [2.75, 3.05) is 0 Å². The molecule has 0 aliphatic heterocycles. The highest BCUT2D eigenvalue weighted by atomic mass is 14.4. The zero-order chi connectivity index (χ0) is 27.2. The molecule has 0 heteroatoms. The van der Waals surface area contributed by atoms with E-state index in [1.165, 1.54) is 28.7 Å². The Morgan fingerprint density at radius 2 is 0.857 bits per heavy atom. The van der Waals surface area contributed by atoms with Crippen molar-refractivity contribution in [2.24, 2.45) is 0 Å². The molecular formula is C35H56. The van der Waals surface area contributed by atoms with E-state index < -0.39 is 0 Å². The Morgan fingerprint density at radius 3 is 1.23 bits per heavy atom. The minimum absolute atomic E-state index is 0.0949. The first-order valence-corrected chi connectivity index (χ1v) is 13.9. The first kappa shape index (κ1) is 29.7. The third kappa shape index (κ3) is 7.02. The van der Waals surface area contributed by atoms with Crippen LogP contribution < -0.4 is 0 Å². The van der Waals surface area contributed by atoms with Crippen LogP contribution in [0, 0.1) is 0 Å². The fraction of sp³-hybridized carbons (Fsp3) is 0.657. The van der Waals surface area contributed by atoms with Gasteiger partial charge in [-0.05, 0) is 85.3 Å². The minimum atomic E-state index is 0.0949. The normalized spacial score (nSPS) is 13.9. The molecule has 2 aromatic carbocycles. The second kappa shape index (κ2) is 9.72. The molecule has 196 valence electrons. The highest BCUT2D eigenvalue weighted by molar-refractivity contribution is 5.56. The van der Waals surface area contributed by atoms with Gasteiger partial charge < -0.3 is 0 Å². The quantitative estimate of drug-likeness (QED) is 0.411. The lowest BCUT2D eigenvalue weighted by Gasteiger charge is -2.40. The van der Waals surface area contributed by atoms with E-state index >= 15 is 0 Å². The van der Waals surface area contributed by atoms with Crippen LogP contribution in [0.5, 0.6) is 0 Å². The number of benzene rings is 2. The van der Waals surface area contributed by atoms with Gasteiger partial charge in [0.05, 0.1) is 0 Å². The van der Waals surface area contributed by atoms with E-state index in [1.54, 1.807) is 16.7 Å². The standard InChI is InChI=1S/C35H56/c1-31(2,3)26-22-17-16-19-24(26)20-18-21-25-29(34(10,11)12)27(32(4,5)6)23-28(33(7,8)9)30(25)35(13,14)15/h16-17,19,22-23H,18,20-21H2,1-15H3. The number of aryl methyl sites for hydroxylation is 1. The van der Waals surface area contributed by atoms with Crippen molar-refractivity contribution in [3.8, 4) is 0 Å². The molecule has 0 atom stereocenters. The van der Waals surface area contributed by atoms with Gasteiger partial charge in [-0.3, -0.25) is 0 Å². The van der Waals surface area contributed by atoms with Gasteiger partial charge in [0, 0.05) is 0 Å². The van der Waals surface area contributed by atoms with Crippen LogP contribution in [0.25, 0.3) is 0 Å². The summed E-state index contributed by atoms with van der Waals surface area (Å²) in [5, 5.41) is 0. The van der Waals surface area contributed by atoms with Crippen LogP contribution in [0.1, 0.15) is 149 Å². The molecule has 0 saturated heterocycles. The summed E-state index contributed by atoms with van der Waals surface area (Å²) in [4.78, 5) is 0. The van der Waals surface area contributed by atoms with E-state index in [4.69, 9.17) is 0 Å². The lowest BCUT2D eigenvalue weighted by atomic mass is 9.64. The molecule has 0 heterocycles. The zero-order valence-corrected chi connectivity index (χ0v) is 26.0. The largest absolute Gasteiger partial charge is 0.0620 e. The molecule has 0 aliphatic carbocycles. The van der Waals surface area contributed by atoms with Crippen molar-refractivity contribution in [3.05, 3.63) is 69.3 Å². The Labute approximate surface area is 219 Å². The highest BCUT2D eigenvalue weighted by Gasteiger charge is 2.36. The minimum Gasteiger partial charge on any atom is -0.0620 e. The van der Waals surface area contributed by atoms with Crippen molar-refractivity contribution >= 4 is 0 Å². The van der Waals surface area contributed by atoms with Crippen molar-refractivity contribution in [1.82, 2.24) is 0 Å². The smallest absolute Gasteiger partial charge is 0.0126 e. The molecule has 0 nitrogen and oxygen atoms in total. The Morgan fingerprint density at radius 1 is 0.457 bits per heavy atom. The van der Waals surface area contributed by atoms with E-state index in [1.807, 2.05) is 0 Å². The van der Waals surface area contributed by atoms with Gasteiger partial charge in [-0.15, -0.1) is 0 Å². The van der Waals surface area contributed by atoms with Gasteiger partial charge in [0.15, 0.2) is 0 Å².